The van der Waals surface area contributed by atoms with Gasteiger partial charge in [0, 0.05) is 11.6 Å². The molecule has 0 bridgehead atoms. The van der Waals surface area contributed by atoms with Gasteiger partial charge >= 0.3 is 0 Å². The molecule has 2 N–H and O–H groups in total. The molecule has 2 heterocycles. The van der Waals surface area contributed by atoms with Crippen LogP contribution in [0.25, 0.3) is 11.0 Å². The first kappa shape index (κ1) is 10.9. The van der Waals surface area contributed by atoms with Crippen molar-refractivity contribution in [2.75, 3.05) is 5.43 Å². The lowest BCUT2D eigenvalue weighted by Gasteiger charge is -1.99. The van der Waals surface area contributed by atoms with Crippen LogP contribution in [-0.4, -0.2) is 15.7 Å². The van der Waals surface area contributed by atoms with Crippen LogP contribution < -0.4 is 5.43 Å². The number of nitrogens with one attached hydrogen (secondary N) is 2. The lowest BCUT2D eigenvalue weighted by Crippen LogP contribution is -1.96. The van der Waals surface area contributed by atoms with Crippen molar-refractivity contribution in [3.05, 3.63) is 23.5 Å². The highest BCUT2D eigenvalue weighted by atomic mass is 35.5. The van der Waals surface area contributed by atoms with Gasteiger partial charge in [-0.15, -0.1) is 0 Å². The lowest BCUT2D eigenvalue weighted by atomic mass is 10.3. The van der Waals surface area contributed by atoms with Crippen LogP contribution in [0.4, 0.5) is 5.69 Å². The minimum absolute atomic E-state index is 0.259. The van der Waals surface area contributed by atoms with Gasteiger partial charge in [0.2, 0.25) is 5.71 Å². The summed E-state index contributed by atoms with van der Waals surface area (Å²) < 4.78 is 0. The molecule has 17 heavy (non-hydrogen) atoms. The van der Waals surface area contributed by atoms with E-state index in [2.05, 4.69) is 20.5 Å². The third kappa shape index (κ3) is 2.17. The predicted molar refractivity (Wildman–Crippen MR) is 63.4 cm³/mol. The summed E-state index contributed by atoms with van der Waals surface area (Å²) in [7, 11) is 0. The Morgan fingerprint density at radius 1 is 1.47 bits per heavy atom. The van der Waals surface area contributed by atoms with Crippen molar-refractivity contribution >= 4 is 34.0 Å². The fourth-order valence-corrected chi connectivity index (χ4v) is 1.43. The number of hydrogen-bond donors (Lipinski definition) is 2. The fourth-order valence-electron chi connectivity index (χ4n) is 1.23. The molecule has 6 nitrogen and oxygen atoms in total. The fraction of sp³-hybridized carbons (Fsp3) is 0. The number of fused-ring (bicyclic) bond motifs is 1. The molecule has 0 atom stereocenters. The molecule has 0 radical (unpaired) electrons. The number of hydrazone groups is 1. The number of aromatic amines is 1. The molecule has 2 aromatic rings. The van der Waals surface area contributed by atoms with Gasteiger partial charge in [-0.2, -0.15) is 15.6 Å². The van der Waals surface area contributed by atoms with Crippen LogP contribution in [0.15, 0.2) is 23.6 Å². The average molecular weight is 245 g/mol. The van der Waals surface area contributed by atoms with E-state index in [1.54, 1.807) is 24.4 Å². The van der Waals surface area contributed by atoms with Crippen LogP contribution in [0.3, 0.4) is 0 Å². The van der Waals surface area contributed by atoms with Crippen LogP contribution in [-0.2, 0) is 0 Å². The molecule has 82 valence electrons. The Bertz CT molecular complexity index is 656. The molecule has 0 spiro atoms. The van der Waals surface area contributed by atoms with Gasteiger partial charge in [0.25, 0.3) is 0 Å². The molecule has 0 aliphatic carbocycles. The van der Waals surface area contributed by atoms with E-state index in [1.165, 1.54) is 6.20 Å². The van der Waals surface area contributed by atoms with Gasteiger partial charge in [-0.3, -0.25) is 5.43 Å². The number of halogens is 1. The van der Waals surface area contributed by atoms with Gasteiger partial charge < -0.3 is 4.98 Å². The molecule has 2 rings (SSSR count). The third-order valence-corrected chi connectivity index (χ3v) is 2.30. The van der Waals surface area contributed by atoms with E-state index in [0.29, 0.717) is 16.4 Å². The van der Waals surface area contributed by atoms with Gasteiger partial charge in [-0.1, -0.05) is 11.6 Å². The van der Waals surface area contributed by atoms with Gasteiger partial charge in [-0.05, 0) is 6.07 Å². The van der Waals surface area contributed by atoms with Gasteiger partial charge in [0.1, 0.15) is 17.8 Å². The zero-order chi connectivity index (χ0) is 12.3. The van der Waals surface area contributed by atoms with Crippen LogP contribution in [0.1, 0.15) is 0 Å². The van der Waals surface area contributed by atoms with Gasteiger partial charge in [0.15, 0.2) is 0 Å². The lowest BCUT2D eigenvalue weighted by molar-refractivity contribution is 1.28. The van der Waals surface area contributed by atoms with Crippen molar-refractivity contribution < 1.29 is 0 Å². The minimum atomic E-state index is -0.259. The van der Waals surface area contributed by atoms with E-state index >= 15 is 0 Å². The second kappa shape index (κ2) is 4.52. The smallest absolute Gasteiger partial charge is 0.237 e. The number of aromatic nitrogens is 2. The Kier molecular flexibility index (Phi) is 2.91. The van der Waals surface area contributed by atoms with Crippen molar-refractivity contribution in [1.29, 1.82) is 10.5 Å². The number of H-pyrrole nitrogens is 1. The monoisotopic (exact) mass is 244 g/mol. The summed E-state index contributed by atoms with van der Waals surface area (Å²) in [6.45, 7) is 0. The average Bonchev–Trinajstić information content (AvgIpc) is 2.72. The van der Waals surface area contributed by atoms with Crippen LogP contribution in [0.2, 0.25) is 5.02 Å². The first-order chi connectivity index (χ1) is 8.24. The van der Waals surface area contributed by atoms with Gasteiger partial charge in [0.05, 0.1) is 16.9 Å². The number of hydrogen-bond acceptors (Lipinski definition) is 5. The number of pyridine rings is 1. The Hall–Kier alpha value is -2.57. The quantitative estimate of drug-likeness (QED) is 0.623. The molecule has 2 aromatic heterocycles. The molecule has 0 saturated heterocycles. The van der Waals surface area contributed by atoms with Crippen molar-refractivity contribution in [2.45, 2.75) is 0 Å². The first-order valence-corrected chi connectivity index (χ1v) is 4.89. The number of rotatable bonds is 2. The van der Waals surface area contributed by atoms with E-state index in [9.17, 15) is 0 Å². The first-order valence-electron chi connectivity index (χ1n) is 4.51. The molecular weight excluding hydrogens is 240 g/mol. The normalized spacial score (nSPS) is 9.35. The van der Waals surface area contributed by atoms with Crippen molar-refractivity contribution in [3.63, 3.8) is 0 Å². The summed E-state index contributed by atoms with van der Waals surface area (Å²) in [5.74, 6) is 0. The minimum Gasteiger partial charge on any atom is -0.345 e. The topological polar surface area (TPSA) is 101 Å². The molecule has 7 heteroatoms. The van der Waals surface area contributed by atoms with E-state index < -0.39 is 0 Å². The molecule has 0 saturated carbocycles. The summed E-state index contributed by atoms with van der Waals surface area (Å²) in [5.41, 5.74) is 3.51. The largest absolute Gasteiger partial charge is 0.345 e. The Morgan fingerprint density at radius 3 is 2.94 bits per heavy atom. The maximum absolute atomic E-state index is 8.50. The molecule has 0 aliphatic rings. The molecule has 0 fully saturated rings. The highest BCUT2D eigenvalue weighted by molar-refractivity contribution is 6.35. The third-order valence-electron chi connectivity index (χ3n) is 1.99. The van der Waals surface area contributed by atoms with Crippen LogP contribution in [0.5, 0.6) is 0 Å². The Morgan fingerprint density at radius 2 is 2.24 bits per heavy atom. The summed E-state index contributed by atoms with van der Waals surface area (Å²) in [4.78, 5) is 6.98. The van der Waals surface area contributed by atoms with Gasteiger partial charge in [-0.25, -0.2) is 4.98 Å². The zero-order valence-corrected chi connectivity index (χ0v) is 9.15. The second-order valence-electron chi connectivity index (χ2n) is 3.05. The van der Waals surface area contributed by atoms with E-state index in [4.69, 9.17) is 22.1 Å². The number of anilines is 1. The summed E-state index contributed by atoms with van der Waals surface area (Å²) >= 11 is 5.92. The molecular formula is C10H5ClN6. The maximum Gasteiger partial charge on any atom is 0.237 e. The molecule has 0 aliphatic heterocycles. The van der Waals surface area contributed by atoms with E-state index in [-0.39, 0.29) is 5.71 Å². The SMILES string of the molecule is N#CC(C#N)=NNc1cnc2[nH]cc(Cl)c2c1. The summed E-state index contributed by atoms with van der Waals surface area (Å²) in [5, 5.41) is 21.9. The number of nitriles is 2. The van der Waals surface area contributed by atoms with E-state index in [0.717, 1.165) is 5.39 Å². The second-order valence-corrected chi connectivity index (χ2v) is 3.46. The highest BCUT2D eigenvalue weighted by Crippen LogP contribution is 2.23. The van der Waals surface area contributed by atoms with Crippen molar-refractivity contribution in [3.8, 4) is 12.1 Å². The molecule has 0 unspecified atom stereocenters. The zero-order valence-electron chi connectivity index (χ0n) is 8.40. The standard InChI is InChI=1S/C10H5ClN6/c11-9-5-15-10-8(9)1-6(4-14-10)16-17-7(2-12)3-13/h1,4-5,16H,(H,14,15). The van der Waals surface area contributed by atoms with Crippen LogP contribution >= 0.6 is 11.6 Å². The molecule has 0 aromatic carbocycles. The Balaban J connectivity index is 2.32. The summed E-state index contributed by atoms with van der Waals surface area (Å²) in [6.07, 6.45) is 3.15. The van der Waals surface area contributed by atoms with E-state index in [1.807, 2.05) is 0 Å². The Labute approximate surface area is 101 Å². The maximum atomic E-state index is 8.50. The molecule has 0 amide bonds. The van der Waals surface area contributed by atoms with Crippen LogP contribution in [0, 0.1) is 22.7 Å². The number of nitrogens with zero attached hydrogens (tertiary/aromatic N) is 4. The summed E-state index contributed by atoms with van der Waals surface area (Å²) in [6, 6.07) is 5.00. The highest BCUT2D eigenvalue weighted by Gasteiger charge is 2.03. The van der Waals surface area contributed by atoms with Crippen molar-refractivity contribution in [1.82, 2.24) is 9.97 Å². The van der Waals surface area contributed by atoms with Crippen molar-refractivity contribution in [2.24, 2.45) is 5.10 Å². The predicted octanol–water partition coefficient (Wildman–Crippen LogP) is 2.03.